The molecule has 1 aromatic heterocycles. The number of hydrogen-bond donors (Lipinski definition) is 1. The lowest BCUT2D eigenvalue weighted by atomic mass is 10.0. The molecule has 0 spiro atoms. The predicted molar refractivity (Wildman–Crippen MR) is 97.0 cm³/mol. The molecule has 0 aliphatic rings. The molecule has 0 aliphatic carbocycles. The van der Waals surface area contributed by atoms with Crippen molar-refractivity contribution in [2.24, 2.45) is 0 Å². The lowest BCUT2D eigenvalue weighted by molar-refractivity contribution is -0.120. The molecule has 0 aliphatic heterocycles. The minimum atomic E-state index is 0.0370. The maximum Gasteiger partial charge on any atom is 0.224 e. The standard InChI is InChI=1S/C20H22N4O/c1-15-3-4-19(9-16(15)2)10-20(25)22-11-17-5-7-18(8-6-17)12-24-14-21-13-23-24/h3-9,13-14H,10-12H2,1-2H3,(H,22,25). The van der Waals surface area contributed by atoms with E-state index < -0.39 is 0 Å². The van der Waals surface area contributed by atoms with Crippen molar-refractivity contribution >= 4 is 5.91 Å². The molecule has 5 nitrogen and oxygen atoms in total. The maximum atomic E-state index is 12.1. The van der Waals surface area contributed by atoms with Crippen molar-refractivity contribution < 1.29 is 4.79 Å². The molecule has 1 N–H and O–H groups in total. The van der Waals surface area contributed by atoms with Crippen molar-refractivity contribution in [2.45, 2.75) is 33.4 Å². The molecule has 5 heteroatoms. The highest BCUT2D eigenvalue weighted by atomic mass is 16.1. The molecule has 0 fully saturated rings. The van der Waals surface area contributed by atoms with E-state index in [9.17, 15) is 4.79 Å². The first-order valence-corrected chi connectivity index (χ1v) is 8.33. The van der Waals surface area contributed by atoms with Crippen LogP contribution in [0.3, 0.4) is 0 Å². The van der Waals surface area contributed by atoms with Crippen molar-refractivity contribution in [1.29, 1.82) is 0 Å². The summed E-state index contributed by atoms with van der Waals surface area (Å²) >= 11 is 0. The monoisotopic (exact) mass is 334 g/mol. The van der Waals surface area contributed by atoms with E-state index >= 15 is 0 Å². The first-order valence-electron chi connectivity index (χ1n) is 8.33. The van der Waals surface area contributed by atoms with E-state index in [1.54, 1.807) is 11.0 Å². The molecule has 0 atom stereocenters. The van der Waals surface area contributed by atoms with Gasteiger partial charge in [0.25, 0.3) is 0 Å². The van der Waals surface area contributed by atoms with Gasteiger partial charge >= 0.3 is 0 Å². The van der Waals surface area contributed by atoms with Crippen LogP contribution in [0.4, 0.5) is 0 Å². The number of nitrogens with zero attached hydrogens (tertiary/aromatic N) is 3. The third kappa shape index (κ3) is 4.76. The summed E-state index contributed by atoms with van der Waals surface area (Å²) in [6.45, 7) is 5.37. The third-order valence-corrected chi connectivity index (χ3v) is 4.26. The van der Waals surface area contributed by atoms with Crippen LogP contribution in [0.1, 0.15) is 27.8 Å². The summed E-state index contributed by atoms with van der Waals surface area (Å²) in [5.74, 6) is 0.0370. The van der Waals surface area contributed by atoms with Crippen LogP contribution in [0.5, 0.6) is 0 Å². The highest BCUT2D eigenvalue weighted by molar-refractivity contribution is 5.78. The van der Waals surface area contributed by atoms with Crippen molar-refractivity contribution in [1.82, 2.24) is 20.1 Å². The number of carbonyl (C=O) groups is 1. The molecule has 0 unspecified atom stereocenters. The fourth-order valence-corrected chi connectivity index (χ4v) is 2.63. The van der Waals surface area contributed by atoms with Crippen molar-refractivity contribution in [3.8, 4) is 0 Å². The Balaban J connectivity index is 1.50. The quantitative estimate of drug-likeness (QED) is 0.754. The van der Waals surface area contributed by atoms with Crippen LogP contribution in [0.15, 0.2) is 55.1 Å². The van der Waals surface area contributed by atoms with Crippen LogP contribution in [-0.4, -0.2) is 20.7 Å². The number of hydrogen-bond acceptors (Lipinski definition) is 3. The topological polar surface area (TPSA) is 59.8 Å². The Labute approximate surface area is 147 Å². The second kappa shape index (κ2) is 7.75. The van der Waals surface area contributed by atoms with Gasteiger partial charge in [-0.25, -0.2) is 9.67 Å². The summed E-state index contributed by atoms with van der Waals surface area (Å²) < 4.78 is 1.78. The van der Waals surface area contributed by atoms with Crippen molar-refractivity contribution in [3.63, 3.8) is 0 Å². The molecule has 3 rings (SSSR count). The maximum absolute atomic E-state index is 12.1. The van der Waals surface area contributed by atoms with Gasteiger partial charge in [-0.1, -0.05) is 42.5 Å². The van der Waals surface area contributed by atoms with E-state index in [0.717, 1.165) is 16.7 Å². The highest BCUT2D eigenvalue weighted by Gasteiger charge is 2.05. The summed E-state index contributed by atoms with van der Waals surface area (Å²) in [5.41, 5.74) is 5.73. The second-order valence-electron chi connectivity index (χ2n) is 6.28. The van der Waals surface area contributed by atoms with Crippen LogP contribution in [0, 0.1) is 13.8 Å². The number of aryl methyl sites for hydroxylation is 2. The Hall–Kier alpha value is -2.95. The van der Waals surface area contributed by atoms with E-state index in [1.165, 1.54) is 17.5 Å². The molecule has 0 saturated heterocycles. The van der Waals surface area contributed by atoms with Crippen LogP contribution in [-0.2, 0) is 24.3 Å². The van der Waals surface area contributed by atoms with Crippen LogP contribution >= 0.6 is 0 Å². The fraction of sp³-hybridized carbons (Fsp3) is 0.250. The molecule has 1 amide bonds. The first-order chi connectivity index (χ1) is 12.1. The first kappa shape index (κ1) is 16.9. The molecule has 1 heterocycles. The van der Waals surface area contributed by atoms with Gasteiger partial charge < -0.3 is 5.32 Å². The van der Waals surface area contributed by atoms with Crippen LogP contribution < -0.4 is 5.32 Å². The van der Waals surface area contributed by atoms with E-state index in [2.05, 4.69) is 41.4 Å². The molecule has 25 heavy (non-hydrogen) atoms. The van der Waals surface area contributed by atoms with E-state index in [0.29, 0.717) is 19.5 Å². The zero-order valence-corrected chi connectivity index (χ0v) is 14.6. The number of nitrogens with one attached hydrogen (secondary N) is 1. The molecule has 0 bridgehead atoms. The Morgan fingerprint density at radius 3 is 2.40 bits per heavy atom. The SMILES string of the molecule is Cc1ccc(CC(=O)NCc2ccc(Cn3cncn3)cc2)cc1C. The lowest BCUT2D eigenvalue weighted by Crippen LogP contribution is -2.24. The summed E-state index contributed by atoms with van der Waals surface area (Å²) in [6.07, 6.45) is 3.63. The Kier molecular flexibility index (Phi) is 5.23. The molecule has 0 radical (unpaired) electrons. The molecule has 128 valence electrons. The third-order valence-electron chi connectivity index (χ3n) is 4.26. The zero-order chi connectivity index (χ0) is 17.6. The minimum Gasteiger partial charge on any atom is -0.352 e. The van der Waals surface area contributed by atoms with E-state index in [-0.39, 0.29) is 5.91 Å². The summed E-state index contributed by atoms with van der Waals surface area (Å²) in [5, 5.41) is 7.07. The van der Waals surface area contributed by atoms with Gasteiger partial charge in [-0.15, -0.1) is 0 Å². The largest absolute Gasteiger partial charge is 0.352 e. The summed E-state index contributed by atoms with van der Waals surface area (Å²) in [7, 11) is 0. The number of amides is 1. The molecule has 3 aromatic rings. The lowest BCUT2D eigenvalue weighted by Gasteiger charge is -2.08. The number of benzene rings is 2. The van der Waals surface area contributed by atoms with Gasteiger partial charge in [-0.2, -0.15) is 5.10 Å². The van der Waals surface area contributed by atoms with Crippen LogP contribution in [0.25, 0.3) is 0 Å². The minimum absolute atomic E-state index is 0.0370. The van der Waals surface area contributed by atoms with Gasteiger partial charge in [0.05, 0.1) is 13.0 Å². The highest BCUT2D eigenvalue weighted by Crippen LogP contribution is 2.10. The molecule has 0 saturated carbocycles. The van der Waals surface area contributed by atoms with E-state index in [1.807, 2.05) is 30.3 Å². The normalized spacial score (nSPS) is 10.6. The summed E-state index contributed by atoms with van der Waals surface area (Å²) in [4.78, 5) is 16.1. The fourth-order valence-electron chi connectivity index (χ4n) is 2.63. The Morgan fingerprint density at radius 2 is 1.72 bits per heavy atom. The second-order valence-corrected chi connectivity index (χ2v) is 6.28. The number of rotatable bonds is 6. The summed E-state index contributed by atoms with van der Waals surface area (Å²) in [6, 6.07) is 14.3. The van der Waals surface area contributed by atoms with Gasteiger partial charge in [0.2, 0.25) is 5.91 Å². The zero-order valence-electron chi connectivity index (χ0n) is 14.6. The smallest absolute Gasteiger partial charge is 0.224 e. The van der Waals surface area contributed by atoms with Gasteiger partial charge in [0.1, 0.15) is 12.7 Å². The average Bonchev–Trinajstić information content (AvgIpc) is 3.11. The predicted octanol–water partition coefficient (Wildman–Crippen LogP) is 2.80. The molecular formula is C20H22N4O. The van der Waals surface area contributed by atoms with Gasteiger partial charge in [-0.3, -0.25) is 4.79 Å². The number of aromatic nitrogens is 3. The number of carbonyl (C=O) groups excluding carboxylic acids is 1. The van der Waals surface area contributed by atoms with Crippen molar-refractivity contribution in [3.05, 3.63) is 82.9 Å². The van der Waals surface area contributed by atoms with E-state index in [4.69, 9.17) is 0 Å². The van der Waals surface area contributed by atoms with Gasteiger partial charge in [-0.05, 0) is 41.7 Å². The van der Waals surface area contributed by atoms with Crippen molar-refractivity contribution in [2.75, 3.05) is 0 Å². The Bertz CT molecular complexity index is 839. The van der Waals surface area contributed by atoms with Gasteiger partial charge in [0.15, 0.2) is 0 Å². The molecular weight excluding hydrogens is 312 g/mol. The average molecular weight is 334 g/mol. The Morgan fingerprint density at radius 1 is 1.00 bits per heavy atom. The molecule has 2 aromatic carbocycles. The van der Waals surface area contributed by atoms with Gasteiger partial charge in [0, 0.05) is 6.54 Å². The van der Waals surface area contributed by atoms with Crippen LogP contribution in [0.2, 0.25) is 0 Å².